The minimum Gasteiger partial charge on any atom is -0.326 e. The number of amides is 2. The van der Waals surface area contributed by atoms with Gasteiger partial charge in [0.05, 0.1) is 6.42 Å². The van der Waals surface area contributed by atoms with Crippen LogP contribution in [0, 0.1) is 0 Å². The molecular formula is C13H15N3O2. The maximum Gasteiger partial charge on any atom is 0.228 e. The van der Waals surface area contributed by atoms with Gasteiger partial charge in [0.25, 0.3) is 0 Å². The molecule has 5 heteroatoms. The second-order valence-electron chi connectivity index (χ2n) is 4.76. The Balaban J connectivity index is 1.88. The molecule has 2 N–H and O–H groups in total. The summed E-state index contributed by atoms with van der Waals surface area (Å²) in [4.78, 5) is 25.0. The SMILES string of the molecule is CNC1CC(=O)N(c2ccc3c(c2)CC(=O)N3)C1. The molecule has 1 aromatic rings. The fourth-order valence-electron chi connectivity index (χ4n) is 2.53. The predicted octanol–water partition coefficient (Wildman–Crippen LogP) is 0.506. The number of fused-ring (bicyclic) bond motifs is 1. The van der Waals surface area contributed by atoms with Gasteiger partial charge in [-0.15, -0.1) is 0 Å². The first-order valence-corrected chi connectivity index (χ1v) is 6.08. The fourth-order valence-corrected chi connectivity index (χ4v) is 2.53. The van der Waals surface area contributed by atoms with Crippen molar-refractivity contribution in [2.45, 2.75) is 18.9 Å². The molecule has 1 saturated heterocycles. The molecule has 1 aromatic carbocycles. The zero-order valence-corrected chi connectivity index (χ0v) is 10.2. The van der Waals surface area contributed by atoms with E-state index in [0.29, 0.717) is 19.4 Å². The van der Waals surface area contributed by atoms with Crippen molar-refractivity contribution in [1.82, 2.24) is 5.32 Å². The van der Waals surface area contributed by atoms with Gasteiger partial charge in [0, 0.05) is 30.4 Å². The molecule has 0 bridgehead atoms. The topological polar surface area (TPSA) is 61.4 Å². The van der Waals surface area contributed by atoms with Gasteiger partial charge in [-0.25, -0.2) is 0 Å². The van der Waals surface area contributed by atoms with Gasteiger partial charge in [-0.3, -0.25) is 9.59 Å². The highest BCUT2D eigenvalue weighted by molar-refractivity contribution is 6.01. The van der Waals surface area contributed by atoms with Crippen LogP contribution in [-0.2, 0) is 16.0 Å². The Hall–Kier alpha value is -1.88. The maximum atomic E-state index is 11.9. The molecule has 3 rings (SSSR count). The van der Waals surface area contributed by atoms with Crippen molar-refractivity contribution in [3.05, 3.63) is 23.8 Å². The number of anilines is 2. The molecule has 5 nitrogen and oxygen atoms in total. The Morgan fingerprint density at radius 3 is 2.94 bits per heavy atom. The Morgan fingerprint density at radius 1 is 1.39 bits per heavy atom. The van der Waals surface area contributed by atoms with E-state index in [9.17, 15) is 9.59 Å². The lowest BCUT2D eigenvalue weighted by atomic mass is 10.1. The minimum absolute atomic E-state index is 0.0167. The molecule has 1 fully saturated rings. The first-order valence-electron chi connectivity index (χ1n) is 6.08. The van der Waals surface area contributed by atoms with E-state index in [1.54, 1.807) is 4.90 Å². The molecule has 0 spiro atoms. The third-order valence-corrected chi connectivity index (χ3v) is 3.56. The molecule has 2 amide bonds. The van der Waals surface area contributed by atoms with Crippen LogP contribution in [0.15, 0.2) is 18.2 Å². The van der Waals surface area contributed by atoms with Gasteiger partial charge in [-0.2, -0.15) is 0 Å². The van der Waals surface area contributed by atoms with E-state index in [-0.39, 0.29) is 17.9 Å². The number of carbonyl (C=O) groups is 2. The smallest absolute Gasteiger partial charge is 0.228 e. The molecule has 0 radical (unpaired) electrons. The van der Waals surface area contributed by atoms with E-state index in [2.05, 4.69) is 10.6 Å². The Morgan fingerprint density at radius 2 is 2.22 bits per heavy atom. The molecule has 0 aliphatic carbocycles. The van der Waals surface area contributed by atoms with Crippen LogP contribution in [-0.4, -0.2) is 31.4 Å². The monoisotopic (exact) mass is 245 g/mol. The van der Waals surface area contributed by atoms with Crippen LogP contribution >= 0.6 is 0 Å². The standard InChI is InChI=1S/C13H15N3O2/c1-14-9-6-13(18)16(7-9)10-2-3-11-8(4-10)5-12(17)15-11/h2-4,9,14H,5-7H2,1H3,(H,15,17). The summed E-state index contributed by atoms with van der Waals surface area (Å²) >= 11 is 0. The molecule has 0 aromatic heterocycles. The summed E-state index contributed by atoms with van der Waals surface area (Å²) in [6.45, 7) is 0.690. The lowest BCUT2D eigenvalue weighted by molar-refractivity contribution is -0.117. The van der Waals surface area contributed by atoms with Crippen LogP contribution in [0.2, 0.25) is 0 Å². The average Bonchev–Trinajstić information content (AvgIpc) is 2.89. The van der Waals surface area contributed by atoms with E-state index in [1.807, 2.05) is 25.2 Å². The van der Waals surface area contributed by atoms with Crippen LogP contribution in [0.5, 0.6) is 0 Å². The molecule has 1 atom stereocenters. The average molecular weight is 245 g/mol. The van der Waals surface area contributed by atoms with Gasteiger partial charge in [-0.05, 0) is 30.8 Å². The van der Waals surface area contributed by atoms with Crippen LogP contribution in [0.25, 0.3) is 0 Å². The molecule has 1 unspecified atom stereocenters. The van der Waals surface area contributed by atoms with Gasteiger partial charge in [0.1, 0.15) is 0 Å². The van der Waals surface area contributed by atoms with E-state index < -0.39 is 0 Å². The van der Waals surface area contributed by atoms with Crippen molar-refractivity contribution in [2.75, 3.05) is 23.8 Å². The highest BCUT2D eigenvalue weighted by atomic mass is 16.2. The summed E-state index contributed by atoms with van der Waals surface area (Å²) in [5.41, 5.74) is 2.71. The third kappa shape index (κ3) is 1.76. The number of carbonyl (C=O) groups excluding carboxylic acids is 2. The maximum absolute atomic E-state index is 11.9. The summed E-state index contributed by atoms with van der Waals surface area (Å²) in [5.74, 6) is 0.148. The predicted molar refractivity (Wildman–Crippen MR) is 68.6 cm³/mol. The van der Waals surface area contributed by atoms with Crippen molar-refractivity contribution in [3.8, 4) is 0 Å². The van der Waals surface area contributed by atoms with Gasteiger partial charge in [0.15, 0.2) is 0 Å². The van der Waals surface area contributed by atoms with E-state index >= 15 is 0 Å². The van der Waals surface area contributed by atoms with Crippen LogP contribution in [0.3, 0.4) is 0 Å². The number of likely N-dealkylation sites (N-methyl/N-ethyl adjacent to an activating group) is 1. The highest BCUT2D eigenvalue weighted by Crippen LogP contribution is 2.29. The zero-order valence-electron chi connectivity index (χ0n) is 10.2. The molecular weight excluding hydrogens is 230 g/mol. The number of hydrogen-bond donors (Lipinski definition) is 2. The van der Waals surface area contributed by atoms with Gasteiger partial charge in [0.2, 0.25) is 11.8 Å². The lowest BCUT2D eigenvalue weighted by Crippen LogP contribution is -2.30. The summed E-state index contributed by atoms with van der Waals surface area (Å²) < 4.78 is 0. The fraction of sp³-hybridized carbons (Fsp3) is 0.385. The number of nitrogens with one attached hydrogen (secondary N) is 2. The van der Waals surface area contributed by atoms with Crippen molar-refractivity contribution in [3.63, 3.8) is 0 Å². The molecule has 2 heterocycles. The molecule has 94 valence electrons. The summed E-state index contributed by atoms with van der Waals surface area (Å²) in [6, 6.07) is 5.91. The molecule has 2 aliphatic heterocycles. The second kappa shape index (κ2) is 4.10. The Kier molecular flexibility index (Phi) is 2.56. The first kappa shape index (κ1) is 11.2. The van der Waals surface area contributed by atoms with Crippen LogP contribution in [0.4, 0.5) is 11.4 Å². The van der Waals surface area contributed by atoms with Gasteiger partial charge >= 0.3 is 0 Å². The first-order chi connectivity index (χ1) is 8.67. The Bertz CT molecular complexity index is 527. The minimum atomic E-state index is 0.0167. The quantitative estimate of drug-likeness (QED) is 0.798. The number of hydrogen-bond acceptors (Lipinski definition) is 3. The van der Waals surface area contributed by atoms with Gasteiger partial charge < -0.3 is 15.5 Å². The Labute approximate surface area is 105 Å². The zero-order chi connectivity index (χ0) is 12.7. The lowest BCUT2D eigenvalue weighted by Gasteiger charge is -2.17. The van der Waals surface area contributed by atoms with Crippen LogP contribution < -0.4 is 15.5 Å². The summed E-state index contributed by atoms with van der Waals surface area (Å²) in [5, 5.41) is 5.92. The van der Waals surface area contributed by atoms with Crippen molar-refractivity contribution in [1.29, 1.82) is 0 Å². The van der Waals surface area contributed by atoms with E-state index in [1.165, 1.54) is 0 Å². The third-order valence-electron chi connectivity index (χ3n) is 3.56. The van der Waals surface area contributed by atoms with Crippen molar-refractivity contribution < 1.29 is 9.59 Å². The highest BCUT2D eigenvalue weighted by Gasteiger charge is 2.30. The summed E-state index contributed by atoms with van der Waals surface area (Å²) in [7, 11) is 1.87. The van der Waals surface area contributed by atoms with Crippen molar-refractivity contribution in [2.24, 2.45) is 0 Å². The number of nitrogens with zero attached hydrogens (tertiary/aromatic N) is 1. The second-order valence-corrected chi connectivity index (χ2v) is 4.76. The summed E-state index contributed by atoms with van der Waals surface area (Å²) in [6.07, 6.45) is 0.936. The van der Waals surface area contributed by atoms with Crippen molar-refractivity contribution >= 4 is 23.2 Å². The van der Waals surface area contributed by atoms with Gasteiger partial charge in [-0.1, -0.05) is 0 Å². The molecule has 0 saturated carbocycles. The largest absolute Gasteiger partial charge is 0.326 e. The van der Waals surface area contributed by atoms with E-state index in [4.69, 9.17) is 0 Å². The number of benzene rings is 1. The molecule has 2 aliphatic rings. The molecule has 18 heavy (non-hydrogen) atoms. The normalized spacial score (nSPS) is 22.3. The van der Waals surface area contributed by atoms with E-state index in [0.717, 1.165) is 16.9 Å². The number of rotatable bonds is 2. The van der Waals surface area contributed by atoms with Crippen LogP contribution in [0.1, 0.15) is 12.0 Å².